The third-order valence-electron chi connectivity index (χ3n) is 4.00. The van der Waals surface area contributed by atoms with Gasteiger partial charge in [-0.3, -0.25) is 10.1 Å². The molecular weight excluding hydrogens is 326 g/mol. The Morgan fingerprint density at radius 1 is 1.24 bits per heavy atom. The molecule has 0 unspecified atom stereocenters. The predicted molar refractivity (Wildman–Crippen MR) is 90.8 cm³/mol. The van der Waals surface area contributed by atoms with Gasteiger partial charge in [-0.2, -0.15) is 0 Å². The molecule has 0 bridgehead atoms. The fourth-order valence-corrected chi connectivity index (χ4v) is 2.83. The summed E-state index contributed by atoms with van der Waals surface area (Å²) in [7, 11) is 1.48. The average molecular weight is 341 g/mol. The molecule has 128 valence electrons. The van der Waals surface area contributed by atoms with Gasteiger partial charge in [0.05, 0.1) is 24.0 Å². The van der Waals surface area contributed by atoms with Crippen molar-refractivity contribution in [3.63, 3.8) is 0 Å². The topological polar surface area (TPSA) is 103 Å². The molecule has 0 saturated carbocycles. The molecule has 1 atom stereocenters. The molecule has 0 aliphatic carbocycles. The third kappa shape index (κ3) is 3.16. The van der Waals surface area contributed by atoms with Gasteiger partial charge in [0.15, 0.2) is 0 Å². The number of nitro groups is 1. The third-order valence-corrected chi connectivity index (χ3v) is 4.00. The summed E-state index contributed by atoms with van der Waals surface area (Å²) >= 11 is 0. The van der Waals surface area contributed by atoms with Crippen LogP contribution in [-0.4, -0.2) is 23.7 Å². The highest BCUT2D eigenvalue weighted by Gasteiger charge is 2.29. The number of fused-ring (bicyclic) bond motifs is 1. The van der Waals surface area contributed by atoms with E-state index in [1.807, 2.05) is 0 Å². The number of aromatic hydroxyl groups is 1. The Kier molecular flexibility index (Phi) is 4.38. The van der Waals surface area contributed by atoms with Crippen LogP contribution in [0.3, 0.4) is 0 Å². The number of ether oxygens (including phenoxy) is 1. The maximum absolute atomic E-state index is 12.4. The predicted octanol–water partition coefficient (Wildman–Crippen LogP) is 2.92. The van der Waals surface area contributed by atoms with Crippen LogP contribution in [0.25, 0.3) is 11.0 Å². The summed E-state index contributed by atoms with van der Waals surface area (Å²) < 4.78 is 10.4. The SMILES string of the molecule is COc1cccc([C@@H](C[N+](=O)[O-])c2c(O)c3ccccc3oc2=O)c1. The second-order valence-corrected chi connectivity index (χ2v) is 5.49. The largest absolute Gasteiger partial charge is 0.507 e. The second-order valence-electron chi connectivity index (χ2n) is 5.49. The zero-order valence-electron chi connectivity index (χ0n) is 13.3. The number of rotatable bonds is 5. The lowest BCUT2D eigenvalue weighted by Gasteiger charge is -2.15. The summed E-state index contributed by atoms with van der Waals surface area (Å²) in [4.78, 5) is 23.1. The summed E-state index contributed by atoms with van der Waals surface area (Å²) in [5.41, 5.74) is -0.234. The van der Waals surface area contributed by atoms with E-state index in [-0.39, 0.29) is 16.9 Å². The number of para-hydroxylation sites is 1. The molecule has 7 nitrogen and oxygen atoms in total. The minimum atomic E-state index is -0.967. The number of hydrogen-bond acceptors (Lipinski definition) is 6. The van der Waals surface area contributed by atoms with E-state index < -0.39 is 23.0 Å². The molecule has 0 aliphatic heterocycles. The standard InChI is InChI=1S/C18H15NO6/c1-24-12-6-4-5-11(9-12)14(10-19(22)23)16-17(20)13-7-2-3-8-15(13)25-18(16)21/h2-9,14,20H,10H2,1H3/t14-/m1/s1. The molecule has 3 aromatic rings. The molecule has 0 saturated heterocycles. The first kappa shape index (κ1) is 16.5. The Labute approximate surface area is 142 Å². The van der Waals surface area contributed by atoms with Crippen LogP contribution in [0.15, 0.2) is 57.7 Å². The molecule has 1 heterocycles. The van der Waals surface area contributed by atoms with E-state index >= 15 is 0 Å². The van der Waals surface area contributed by atoms with Gasteiger partial charge in [-0.05, 0) is 29.8 Å². The first-order valence-electron chi connectivity index (χ1n) is 7.51. The lowest BCUT2D eigenvalue weighted by atomic mass is 9.91. The van der Waals surface area contributed by atoms with Gasteiger partial charge >= 0.3 is 5.63 Å². The molecule has 0 amide bonds. The van der Waals surface area contributed by atoms with Crippen molar-refractivity contribution in [2.24, 2.45) is 0 Å². The normalized spacial score (nSPS) is 12.0. The van der Waals surface area contributed by atoms with Crippen molar-refractivity contribution in [1.29, 1.82) is 0 Å². The highest BCUT2D eigenvalue weighted by molar-refractivity contribution is 5.84. The molecule has 25 heavy (non-hydrogen) atoms. The van der Waals surface area contributed by atoms with Gasteiger partial charge in [0.25, 0.3) is 0 Å². The number of benzene rings is 2. The van der Waals surface area contributed by atoms with Gasteiger partial charge in [0.1, 0.15) is 17.1 Å². The van der Waals surface area contributed by atoms with Gasteiger partial charge in [0.2, 0.25) is 6.54 Å². The number of hydrogen-bond donors (Lipinski definition) is 1. The second kappa shape index (κ2) is 6.64. The van der Waals surface area contributed by atoms with Crippen LogP contribution in [0.5, 0.6) is 11.5 Å². The van der Waals surface area contributed by atoms with Crippen LogP contribution >= 0.6 is 0 Å². The van der Waals surface area contributed by atoms with Crippen molar-refractivity contribution >= 4 is 11.0 Å². The molecule has 0 fully saturated rings. The molecule has 7 heteroatoms. The first-order valence-corrected chi connectivity index (χ1v) is 7.51. The smallest absolute Gasteiger partial charge is 0.344 e. The zero-order chi connectivity index (χ0) is 18.0. The van der Waals surface area contributed by atoms with Crippen molar-refractivity contribution in [2.75, 3.05) is 13.7 Å². The van der Waals surface area contributed by atoms with Gasteiger partial charge in [-0.1, -0.05) is 24.3 Å². The van der Waals surface area contributed by atoms with Crippen molar-refractivity contribution < 1.29 is 19.2 Å². The van der Waals surface area contributed by atoms with Crippen molar-refractivity contribution in [2.45, 2.75) is 5.92 Å². The van der Waals surface area contributed by atoms with Crippen LogP contribution in [0.1, 0.15) is 17.0 Å². The fraction of sp³-hybridized carbons (Fsp3) is 0.167. The molecule has 0 aliphatic rings. The van der Waals surface area contributed by atoms with Gasteiger partial charge in [-0.15, -0.1) is 0 Å². The van der Waals surface area contributed by atoms with Gasteiger partial charge in [0, 0.05) is 4.92 Å². The molecule has 3 rings (SSSR count). The molecule has 1 N–H and O–H groups in total. The van der Waals surface area contributed by atoms with E-state index in [0.29, 0.717) is 16.7 Å². The molecule has 0 spiro atoms. The van der Waals surface area contributed by atoms with Gasteiger partial charge in [-0.25, -0.2) is 4.79 Å². The lowest BCUT2D eigenvalue weighted by Crippen LogP contribution is -2.21. The highest BCUT2D eigenvalue weighted by Crippen LogP contribution is 2.35. The molecule has 1 aromatic heterocycles. The first-order chi connectivity index (χ1) is 12.0. The Morgan fingerprint density at radius 2 is 2.00 bits per heavy atom. The van der Waals surface area contributed by atoms with E-state index in [4.69, 9.17) is 9.15 Å². The Bertz CT molecular complexity index is 994. The van der Waals surface area contributed by atoms with Crippen LogP contribution in [-0.2, 0) is 0 Å². The van der Waals surface area contributed by atoms with Gasteiger partial charge < -0.3 is 14.3 Å². The minimum absolute atomic E-state index is 0.136. The summed E-state index contributed by atoms with van der Waals surface area (Å²) in [6.07, 6.45) is 0. The van der Waals surface area contributed by atoms with E-state index in [1.54, 1.807) is 48.5 Å². The van der Waals surface area contributed by atoms with Crippen LogP contribution in [0, 0.1) is 10.1 Å². The van der Waals surface area contributed by atoms with Crippen LogP contribution in [0.2, 0.25) is 0 Å². The number of methoxy groups -OCH3 is 1. The zero-order valence-corrected chi connectivity index (χ0v) is 13.3. The van der Waals surface area contributed by atoms with E-state index in [2.05, 4.69) is 0 Å². The minimum Gasteiger partial charge on any atom is -0.507 e. The Hall–Kier alpha value is -3.35. The average Bonchev–Trinajstić information content (AvgIpc) is 2.60. The summed E-state index contributed by atoms with van der Waals surface area (Å²) in [5, 5.41) is 22.1. The molecule has 0 radical (unpaired) electrons. The summed E-state index contributed by atoms with van der Waals surface area (Å²) in [5.74, 6) is -0.775. The Morgan fingerprint density at radius 3 is 2.72 bits per heavy atom. The van der Waals surface area contributed by atoms with E-state index in [0.717, 1.165) is 0 Å². The quantitative estimate of drug-likeness (QED) is 0.435. The molecular formula is C18H15NO6. The van der Waals surface area contributed by atoms with Crippen LogP contribution in [0.4, 0.5) is 0 Å². The maximum Gasteiger partial charge on any atom is 0.344 e. The van der Waals surface area contributed by atoms with E-state index in [9.17, 15) is 20.0 Å². The van der Waals surface area contributed by atoms with Crippen molar-refractivity contribution in [3.8, 4) is 11.5 Å². The number of nitrogens with zero attached hydrogens (tertiary/aromatic N) is 1. The van der Waals surface area contributed by atoms with Crippen LogP contribution < -0.4 is 10.4 Å². The summed E-state index contributed by atoms with van der Waals surface area (Å²) in [6.45, 7) is -0.566. The Balaban J connectivity index is 2.25. The summed E-state index contributed by atoms with van der Waals surface area (Å²) in [6, 6.07) is 13.1. The highest BCUT2D eigenvalue weighted by atomic mass is 16.6. The maximum atomic E-state index is 12.4. The van der Waals surface area contributed by atoms with Crippen molar-refractivity contribution in [3.05, 3.63) is 80.2 Å². The van der Waals surface area contributed by atoms with E-state index in [1.165, 1.54) is 7.11 Å². The monoisotopic (exact) mass is 341 g/mol. The fourth-order valence-electron chi connectivity index (χ4n) is 2.83. The lowest BCUT2D eigenvalue weighted by molar-refractivity contribution is -0.481. The molecule has 2 aromatic carbocycles. The van der Waals surface area contributed by atoms with Crippen molar-refractivity contribution in [1.82, 2.24) is 0 Å².